The number of benzene rings is 1. The van der Waals surface area contributed by atoms with Crippen molar-refractivity contribution in [1.82, 2.24) is 4.98 Å². The second-order valence-electron chi connectivity index (χ2n) is 4.38. The molecule has 0 amide bonds. The van der Waals surface area contributed by atoms with Gasteiger partial charge in [-0.1, -0.05) is 25.1 Å². The van der Waals surface area contributed by atoms with E-state index in [1.54, 1.807) is 42.6 Å². The highest BCUT2D eigenvalue weighted by molar-refractivity contribution is 5.88. The fourth-order valence-electron chi connectivity index (χ4n) is 1.99. The van der Waals surface area contributed by atoms with E-state index in [1.165, 1.54) is 6.07 Å². The Morgan fingerprint density at radius 1 is 1.43 bits per heavy atom. The van der Waals surface area contributed by atoms with Gasteiger partial charge in [0.05, 0.1) is 16.2 Å². The Kier molecular flexibility index (Phi) is 4.42. The molecule has 0 atom stereocenters. The van der Waals surface area contributed by atoms with Gasteiger partial charge in [0.25, 0.3) is 5.69 Å². The third kappa shape index (κ3) is 3.31. The minimum atomic E-state index is -0.400. The SMILES string of the molecule is CCc1ccc(/C=C(\C#N)c2ccccn2)cc1[N+](=O)[O-]. The van der Waals surface area contributed by atoms with Crippen LogP contribution in [0.1, 0.15) is 23.7 Å². The van der Waals surface area contributed by atoms with E-state index < -0.39 is 4.92 Å². The molecule has 0 saturated heterocycles. The Morgan fingerprint density at radius 2 is 2.24 bits per heavy atom. The van der Waals surface area contributed by atoms with Crippen LogP contribution in [-0.2, 0) is 6.42 Å². The average Bonchev–Trinajstić information content (AvgIpc) is 2.53. The van der Waals surface area contributed by atoms with E-state index in [4.69, 9.17) is 0 Å². The minimum absolute atomic E-state index is 0.0737. The van der Waals surface area contributed by atoms with Crippen molar-refractivity contribution in [3.05, 3.63) is 69.5 Å². The Bertz CT molecular complexity index is 731. The first-order valence-corrected chi connectivity index (χ1v) is 6.46. The maximum atomic E-state index is 11.1. The lowest BCUT2D eigenvalue weighted by molar-refractivity contribution is -0.385. The van der Waals surface area contributed by atoms with E-state index in [2.05, 4.69) is 11.1 Å². The number of nitro groups is 1. The van der Waals surface area contributed by atoms with E-state index in [-0.39, 0.29) is 5.69 Å². The number of hydrogen-bond acceptors (Lipinski definition) is 4. The fraction of sp³-hybridized carbons (Fsp3) is 0.125. The monoisotopic (exact) mass is 279 g/mol. The normalized spacial score (nSPS) is 11.0. The number of hydrogen-bond donors (Lipinski definition) is 0. The van der Waals surface area contributed by atoms with Crippen LogP contribution < -0.4 is 0 Å². The van der Waals surface area contributed by atoms with Gasteiger partial charge in [0.2, 0.25) is 0 Å². The van der Waals surface area contributed by atoms with Crippen molar-refractivity contribution in [1.29, 1.82) is 5.26 Å². The molecule has 0 saturated carbocycles. The predicted octanol–water partition coefficient (Wildman–Crippen LogP) is 3.62. The highest BCUT2D eigenvalue weighted by Crippen LogP contribution is 2.23. The van der Waals surface area contributed by atoms with Gasteiger partial charge in [0.15, 0.2) is 0 Å². The van der Waals surface area contributed by atoms with E-state index in [1.807, 2.05) is 6.92 Å². The number of nitrogens with zero attached hydrogens (tertiary/aromatic N) is 3. The molecule has 0 aliphatic heterocycles. The first-order valence-electron chi connectivity index (χ1n) is 6.46. The van der Waals surface area contributed by atoms with Crippen molar-refractivity contribution < 1.29 is 4.92 Å². The second-order valence-corrected chi connectivity index (χ2v) is 4.38. The first kappa shape index (κ1) is 14.4. The van der Waals surface area contributed by atoms with Gasteiger partial charge in [-0.15, -0.1) is 0 Å². The van der Waals surface area contributed by atoms with Gasteiger partial charge in [0.1, 0.15) is 6.07 Å². The lowest BCUT2D eigenvalue weighted by Gasteiger charge is -2.02. The molecule has 0 N–H and O–H groups in total. The predicted molar refractivity (Wildman–Crippen MR) is 80.2 cm³/mol. The summed E-state index contributed by atoms with van der Waals surface area (Å²) in [5.74, 6) is 0. The summed E-state index contributed by atoms with van der Waals surface area (Å²) < 4.78 is 0. The summed E-state index contributed by atoms with van der Waals surface area (Å²) in [6.07, 6.45) is 3.80. The number of nitro benzene ring substituents is 1. The molecule has 0 spiro atoms. The van der Waals surface area contributed by atoms with Gasteiger partial charge in [0, 0.05) is 17.8 Å². The molecule has 5 nitrogen and oxygen atoms in total. The molecule has 2 rings (SSSR count). The van der Waals surface area contributed by atoms with Gasteiger partial charge >= 0.3 is 0 Å². The van der Waals surface area contributed by atoms with E-state index in [0.29, 0.717) is 28.8 Å². The number of rotatable bonds is 4. The molecule has 0 radical (unpaired) electrons. The summed E-state index contributed by atoms with van der Waals surface area (Å²) >= 11 is 0. The third-order valence-electron chi connectivity index (χ3n) is 3.06. The summed E-state index contributed by atoms with van der Waals surface area (Å²) in [6.45, 7) is 1.87. The van der Waals surface area contributed by atoms with Crippen LogP contribution in [0.5, 0.6) is 0 Å². The van der Waals surface area contributed by atoms with E-state index in [0.717, 1.165) is 0 Å². The third-order valence-corrected chi connectivity index (χ3v) is 3.06. The Morgan fingerprint density at radius 3 is 2.81 bits per heavy atom. The zero-order valence-corrected chi connectivity index (χ0v) is 11.5. The Labute approximate surface area is 122 Å². The molecular weight excluding hydrogens is 266 g/mol. The number of nitriles is 1. The van der Waals surface area contributed by atoms with Crippen LogP contribution in [0.2, 0.25) is 0 Å². The van der Waals surface area contributed by atoms with Gasteiger partial charge in [-0.2, -0.15) is 5.26 Å². The smallest absolute Gasteiger partial charge is 0.258 e. The van der Waals surface area contributed by atoms with Crippen molar-refractivity contribution in [3.8, 4) is 6.07 Å². The zero-order chi connectivity index (χ0) is 15.2. The summed E-state index contributed by atoms with van der Waals surface area (Å²) in [4.78, 5) is 14.8. The largest absolute Gasteiger partial charge is 0.273 e. The molecule has 104 valence electrons. The number of aryl methyl sites for hydroxylation is 1. The van der Waals surface area contributed by atoms with Crippen LogP contribution >= 0.6 is 0 Å². The maximum Gasteiger partial charge on any atom is 0.273 e. The first-order chi connectivity index (χ1) is 10.2. The zero-order valence-electron chi connectivity index (χ0n) is 11.5. The average molecular weight is 279 g/mol. The molecular formula is C16H13N3O2. The maximum absolute atomic E-state index is 11.1. The van der Waals surface area contributed by atoms with Gasteiger partial charge < -0.3 is 0 Å². The molecule has 2 aromatic rings. The van der Waals surface area contributed by atoms with E-state index in [9.17, 15) is 15.4 Å². The summed E-state index contributed by atoms with van der Waals surface area (Å²) in [7, 11) is 0. The standard InChI is InChI=1S/C16H13N3O2/c1-2-13-7-6-12(10-16(13)19(20)21)9-14(11-17)15-5-3-4-8-18-15/h3-10H,2H2,1H3/b14-9+. The molecule has 1 heterocycles. The van der Waals surface area contributed by atoms with Crippen LogP contribution in [0.3, 0.4) is 0 Å². The molecule has 1 aromatic heterocycles. The van der Waals surface area contributed by atoms with Gasteiger partial charge in [-0.3, -0.25) is 15.1 Å². The second kappa shape index (κ2) is 6.44. The van der Waals surface area contributed by atoms with Crippen LogP contribution in [0.4, 0.5) is 5.69 Å². The minimum Gasteiger partial charge on any atom is -0.258 e. The quantitative estimate of drug-likeness (QED) is 0.486. The van der Waals surface area contributed by atoms with Crippen molar-refractivity contribution in [2.24, 2.45) is 0 Å². The summed E-state index contributed by atoms with van der Waals surface area (Å²) in [5, 5.41) is 20.3. The molecule has 0 unspecified atom stereocenters. The summed E-state index contributed by atoms with van der Waals surface area (Å²) in [5.41, 5.74) is 2.27. The molecule has 0 aliphatic carbocycles. The topological polar surface area (TPSA) is 79.8 Å². The fourth-order valence-corrected chi connectivity index (χ4v) is 1.99. The van der Waals surface area contributed by atoms with Crippen LogP contribution in [-0.4, -0.2) is 9.91 Å². The lowest BCUT2D eigenvalue weighted by atomic mass is 10.0. The Balaban J connectivity index is 2.47. The molecule has 5 heteroatoms. The number of pyridine rings is 1. The molecule has 1 aromatic carbocycles. The highest BCUT2D eigenvalue weighted by atomic mass is 16.6. The van der Waals surface area contributed by atoms with Crippen LogP contribution in [0.25, 0.3) is 11.6 Å². The van der Waals surface area contributed by atoms with Crippen molar-refractivity contribution in [2.75, 3.05) is 0 Å². The number of allylic oxidation sites excluding steroid dienone is 1. The Hall–Kier alpha value is -3.00. The van der Waals surface area contributed by atoms with Crippen LogP contribution in [0.15, 0.2) is 42.6 Å². The number of aromatic nitrogens is 1. The lowest BCUT2D eigenvalue weighted by Crippen LogP contribution is -1.95. The molecule has 21 heavy (non-hydrogen) atoms. The van der Waals surface area contributed by atoms with Crippen molar-refractivity contribution >= 4 is 17.3 Å². The molecule has 0 bridgehead atoms. The van der Waals surface area contributed by atoms with Gasteiger partial charge in [-0.05, 0) is 30.2 Å². The van der Waals surface area contributed by atoms with E-state index >= 15 is 0 Å². The molecule has 0 aliphatic rings. The van der Waals surface area contributed by atoms with Crippen LogP contribution in [0, 0.1) is 21.4 Å². The van der Waals surface area contributed by atoms with Crippen molar-refractivity contribution in [3.63, 3.8) is 0 Å². The molecule has 0 fully saturated rings. The van der Waals surface area contributed by atoms with Crippen molar-refractivity contribution in [2.45, 2.75) is 13.3 Å². The summed E-state index contributed by atoms with van der Waals surface area (Å²) in [6, 6.07) is 12.3. The van der Waals surface area contributed by atoms with Gasteiger partial charge in [-0.25, -0.2) is 0 Å². The highest BCUT2D eigenvalue weighted by Gasteiger charge is 2.13.